The number of anilines is 1. The van der Waals surface area contributed by atoms with Crippen molar-refractivity contribution in [1.82, 2.24) is 5.32 Å². The second kappa shape index (κ2) is 10.2. The van der Waals surface area contributed by atoms with Crippen LogP contribution < -0.4 is 11.1 Å². The van der Waals surface area contributed by atoms with Crippen LogP contribution in [0.2, 0.25) is 0 Å². The van der Waals surface area contributed by atoms with Crippen molar-refractivity contribution in [3.63, 3.8) is 0 Å². The Balaban J connectivity index is 1.32. The topological polar surface area (TPSA) is 82.8 Å². The van der Waals surface area contributed by atoms with Crippen LogP contribution in [0.3, 0.4) is 0 Å². The highest BCUT2D eigenvalue weighted by Crippen LogP contribution is 2.44. The zero-order valence-electron chi connectivity index (χ0n) is 23.6. The van der Waals surface area contributed by atoms with Crippen LogP contribution in [0, 0.1) is 13.8 Å². The summed E-state index contributed by atoms with van der Waals surface area (Å²) < 4.78 is 18.4. The summed E-state index contributed by atoms with van der Waals surface area (Å²) in [4.78, 5) is 12.9. The molecule has 3 aromatic rings. The molecule has 0 radical (unpaired) electrons. The lowest BCUT2D eigenvalue weighted by Gasteiger charge is -2.32. The molecular formula is C32H37BN2O4. The van der Waals surface area contributed by atoms with E-state index in [2.05, 4.69) is 29.6 Å². The molecular weight excluding hydrogens is 487 g/mol. The summed E-state index contributed by atoms with van der Waals surface area (Å²) in [6, 6.07) is 20.7. The molecule has 5 rings (SSSR count). The van der Waals surface area contributed by atoms with E-state index in [9.17, 15) is 4.79 Å². The monoisotopic (exact) mass is 524 g/mol. The Hall–Kier alpha value is -3.55. The fraction of sp³-hybridized carbons (Fsp3) is 0.344. The summed E-state index contributed by atoms with van der Waals surface area (Å²) in [6.45, 7) is 12.5. The van der Waals surface area contributed by atoms with Gasteiger partial charge in [0.1, 0.15) is 6.61 Å². The molecule has 1 amide bonds. The minimum absolute atomic E-state index is 0.00184. The molecule has 0 aromatic heterocycles. The normalized spacial score (nSPS) is 17.6. The Bertz CT molecular complexity index is 1360. The Morgan fingerprint density at radius 2 is 1.46 bits per heavy atom. The largest absolute Gasteiger partial charge is 0.492 e. The van der Waals surface area contributed by atoms with Crippen LogP contribution in [-0.4, -0.2) is 37.6 Å². The molecule has 6 nitrogen and oxygen atoms in total. The van der Waals surface area contributed by atoms with E-state index in [0.717, 1.165) is 27.9 Å². The van der Waals surface area contributed by atoms with Crippen molar-refractivity contribution in [2.75, 3.05) is 18.9 Å². The van der Waals surface area contributed by atoms with Crippen LogP contribution in [0.1, 0.15) is 61.4 Å². The Kier molecular flexibility index (Phi) is 7.08. The van der Waals surface area contributed by atoms with Crippen LogP contribution in [0.25, 0.3) is 17.2 Å². The van der Waals surface area contributed by atoms with Crippen LogP contribution in [-0.2, 0) is 14.0 Å². The van der Waals surface area contributed by atoms with Crippen LogP contribution >= 0.6 is 0 Å². The van der Waals surface area contributed by atoms with Crippen LogP contribution in [0.5, 0.6) is 0 Å². The molecule has 3 aromatic carbocycles. The first-order chi connectivity index (χ1) is 18.5. The number of carbonyl (C=O) groups is 1. The summed E-state index contributed by atoms with van der Waals surface area (Å²) >= 11 is 0. The Morgan fingerprint density at radius 1 is 0.949 bits per heavy atom. The number of hydrogen-bond acceptors (Lipinski definition) is 5. The van der Waals surface area contributed by atoms with Crippen molar-refractivity contribution in [1.29, 1.82) is 0 Å². The quantitative estimate of drug-likeness (QED) is 0.287. The van der Waals surface area contributed by atoms with Crippen molar-refractivity contribution >= 4 is 25.0 Å². The molecule has 0 unspecified atom stereocenters. The molecule has 0 bridgehead atoms. The Morgan fingerprint density at radius 3 is 2.00 bits per heavy atom. The summed E-state index contributed by atoms with van der Waals surface area (Å²) in [5, 5.41) is 2.93. The number of benzene rings is 3. The van der Waals surface area contributed by atoms with Gasteiger partial charge >= 0.3 is 13.2 Å². The maximum absolute atomic E-state index is 12.9. The molecule has 1 fully saturated rings. The SMILES string of the molecule is Cc1cc(C=C(CNC(=O)OCC2c3ccccc3-c3ccccc32)B2OC(C)(C)C(C)(C)O2)cc(C)c1N. The van der Waals surface area contributed by atoms with Crippen LogP contribution in [0.15, 0.2) is 66.1 Å². The number of nitrogen functional groups attached to an aromatic ring is 1. The van der Waals surface area contributed by atoms with Gasteiger partial charge in [-0.15, -0.1) is 0 Å². The smallest absolute Gasteiger partial charge is 0.449 e. The molecule has 0 spiro atoms. The highest BCUT2D eigenvalue weighted by atomic mass is 16.7. The van der Waals surface area contributed by atoms with Crippen molar-refractivity contribution in [3.8, 4) is 11.1 Å². The fourth-order valence-electron chi connectivity index (χ4n) is 5.33. The number of carbonyl (C=O) groups excluding carboxylic acids is 1. The highest BCUT2D eigenvalue weighted by Gasteiger charge is 2.52. The third-order valence-electron chi connectivity index (χ3n) is 8.30. The van der Waals surface area contributed by atoms with Gasteiger partial charge in [-0.3, -0.25) is 0 Å². The van der Waals surface area contributed by atoms with Gasteiger partial charge < -0.3 is 25.1 Å². The van der Waals surface area contributed by atoms with E-state index in [-0.39, 0.29) is 19.1 Å². The first-order valence-corrected chi connectivity index (χ1v) is 13.5. The highest BCUT2D eigenvalue weighted by molar-refractivity contribution is 6.56. The molecule has 0 atom stereocenters. The summed E-state index contributed by atoms with van der Waals surface area (Å²) in [5.74, 6) is 0.00184. The zero-order chi connectivity index (χ0) is 27.9. The molecule has 1 saturated heterocycles. The average Bonchev–Trinajstić information content (AvgIpc) is 3.32. The molecule has 7 heteroatoms. The zero-order valence-corrected chi connectivity index (χ0v) is 23.6. The minimum Gasteiger partial charge on any atom is -0.449 e. The second-order valence-electron chi connectivity index (χ2n) is 11.6. The van der Waals surface area contributed by atoms with Crippen molar-refractivity contribution in [2.45, 2.75) is 58.7 Å². The number of nitrogens with two attached hydrogens (primary N) is 1. The maximum Gasteiger partial charge on any atom is 0.492 e. The molecule has 0 saturated carbocycles. The molecule has 1 aliphatic heterocycles. The van der Waals surface area contributed by atoms with Gasteiger partial charge in [0, 0.05) is 18.2 Å². The third kappa shape index (κ3) is 5.21. The van der Waals surface area contributed by atoms with E-state index >= 15 is 0 Å². The molecule has 3 N–H and O–H groups in total. The van der Waals surface area contributed by atoms with Gasteiger partial charge in [0.15, 0.2) is 0 Å². The van der Waals surface area contributed by atoms with E-state index in [1.54, 1.807) is 0 Å². The van der Waals surface area contributed by atoms with E-state index in [0.29, 0.717) is 0 Å². The number of nitrogens with one attached hydrogen (secondary N) is 1. The lowest BCUT2D eigenvalue weighted by molar-refractivity contribution is 0.00578. The van der Waals surface area contributed by atoms with Crippen LogP contribution in [0.4, 0.5) is 10.5 Å². The number of aryl methyl sites for hydroxylation is 2. The van der Waals surface area contributed by atoms with Gasteiger partial charge in [0.25, 0.3) is 0 Å². The number of alkyl carbamates (subject to hydrolysis) is 1. The number of ether oxygens (including phenoxy) is 1. The molecule has 2 aliphatic rings. The number of amides is 1. The maximum atomic E-state index is 12.9. The number of hydrogen-bond donors (Lipinski definition) is 2. The van der Waals surface area contributed by atoms with Crippen molar-refractivity contribution in [3.05, 3.63) is 94.0 Å². The summed E-state index contributed by atoms with van der Waals surface area (Å²) in [6.07, 6.45) is 1.52. The first-order valence-electron chi connectivity index (χ1n) is 13.5. The number of rotatable bonds is 6. The third-order valence-corrected chi connectivity index (χ3v) is 8.30. The summed E-state index contributed by atoms with van der Waals surface area (Å²) in [7, 11) is -0.609. The van der Waals surface area contributed by atoms with E-state index in [4.69, 9.17) is 19.8 Å². The second-order valence-corrected chi connectivity index (χ2v) is 11.6. The van der Waals surface area contributed by atoms with E-state index < -0.39 is 24.4 Å². The van der Waals surface area contributed by atoms with Gasteiger partial charge in [-0.05, 0) is 86.0 Å². The Labute approximate surface area is 231 Å². The molecule has 39 heavy (non-hydrogen) atoms. The van der Waals surface area contributed by atoms with Gasteiger partial charge in [-0.1, -0.05) is 66.7 Å². The fourth-order valence-corrected chi connectivity index (χ4v) is 5.33. The lowest BCUT2D eigenvalue weighted by atomic mass is 9.76. The van der Waals surface area contributed by atoms with Gasteiger partial charge in [-0.2, -0.15) is 0 Å². The predicted octanol–water partition coefficient (Wildman–Crippen LogP) is 6.44. The van der Waals surface area contributed by atoms with E-state index in [1.165, 1.54) is 22.3 Å². The summed E-state index contributed by atoms with van der Waals surface area (Å²) in [5.41, 5.74) is 14.5. The van der Waals surface area contributed by atoms with Gasteiger partial charge in [0.05, 0.1) is 11.2 Å². The standard InChI is InChI=1S/C32H37BN2O4/c1-20-15-22(16-21(2)29(20)34)17-23(33-38-31(3,4)32(5,6)39-33)18-35-30(36)37-19-28-26-13-9-7-11-24(26)25-12-8-10-14-27(25)28/h7-17,28H,18-19,34H2,1-6H3,(H,35,36). The van der Waals surface area contributed by atoms with Crippen molar-refractivity contribution < 1.29 is 18.8 Å². The molecule has 202 valence electrons. The molecule has 1 aliphatic carbocycles. The number of fused-ring (bicyclic) bond motifs is 3. The first kappa shape index (κ1) is 27.0. The molecule has 1 heterocycles. The van der Waals surface area contributed by atoms with E-state index in [1.807, 2.05) is 84.0 Å². The average molecular weight is 524 g/mol. The van der Waals surface area contributed by atoms with Crippen molar-refractivity contribution in [2.24, 2.45) is 0 Å². The van der Waals surface area contributed by atoms with Gasteiger partial charge in [-0.25, -0.2) is 4.79 Å². The predicted molar refractivity (Wildman–Crippen MR) is 157 cm³/mol. The lowest BCUT2D eigenvalue weighted by Crippen LogP contribution is -2.41. The van der Waals surface area contributed by atoms with Gasteiger partial charge in [0.2, 0.25) is 0 Å². The minimum atomic E-state index is -0.609.